The summed E-state index contributed by atoms with van der Waals surface area (Å²) in [6, 6.07) is 14.7. The second-order valence-electron chi connectivity index (χ2n) is 12.5. The van der Waals surface area contributed by atoms with Gasteiger partial charge in [-0.15, -0.1) is 0 Å². The van der Waals surface area contributed by atoms with Crippen LogP contribution in [0, 0.1) is 5.92 Å². The molecule has 0 spiro atoms. The molecule has 5 rings (SSSR count). The first-order valence-corrected chi connectivity index (χ1v) is 15.7. The molecule has 0 bridgehead atoms. The number of nitrogens with zero attached hydrogens (tertiary/aromatic N) is 3. The molecule has 3 aliphatic heterocycles. The topological polar surface area (TPSA) is 62.2 Å². The van der Waals surface area contributed by atoms with E-state index in [4.69, 9.17) is 32.9 Å². The minimum absolute atomic E-state index is 0.0226. The third-order valence-corrected chi connectivity index (χ3v) is 9.51. The van der Waals surface area contributed by atoms with E-state index < -0.39 is 17.2 Å². The van der Waals surface area contributed by atoms with Crippen molar-refractivity contribution >= 4 is 52.0 Å². The maximum absolute atomic E-state index is 14.4. The first-order chi connectivity index (χ1) is 19.2. The number of ether oxygens (including phenoxy) is 1. The van der Waals surface area contributed by atoms with Crippen LogP contribution in [0.25, 0.3) is 0 Å². The molecule has 218 valence electrons. The van der Waals surface area contributed by atoms with Crippen LogP contribution in [0.15, 0.2) is 64.1 Å². The number of hydrogen-bond acceptors (Lipinski definition) is 6. The van der Waals surface area contributed by atoms with Crippen LogP contribution in [0.3, 0.4) is 0 Å². The molecule has 0 saturated carbocycles. The largest absolute Gasteiger partial charge is 0.458 e. The van der Waals surface area contributed by atoms with Crippen LogP contribution in [-0.2, 0) is 19.9 Å². The first-order valence-electron chi connectivity index (χ1n) is 14.1. The highest BCUT2D eigenvalue weighted by molar-refractivity contribution is 8.18. The van der Waals surface area contributed by atoms with Crippen LogP contribution in [0.2, 0.25) is 10.0 Å². The van der Waals surface area contributed by atoms with E-state index in [1.165, 1.54) is 11.8 Å². The Morgan fingerprint density at radius 1 is 1.02 bits per heavy atom. The Labute approximate surface area is 257 Å². The molecule has 4 atom stereocenters. The van der Waals surface area contributed by atoms with Crippen molar-refractivity contribution in [1.29, 1.82) is 0 Å². The van der Waals surface area contributed by atoms with Crippen LogP contribution in [0.4, 0.5) is 0 Å². The fourth-order valence-electron chi connectivity index (χ4n) is 6.11. The van der Waals surface area contributed by atoms with Gasteiger partial charge in [0.05, 0.1) is 6.04 Å². The molecular weight excluding hydrogens is 577 g/mol. The maximum Gasteiger partial charge on any atom is 0.329 e. The summed E-state index contributed by atoms with van der Waals surface area (Å²) in [5.74, 6) is -0.466. The van der Waals surface area contributed by atoms with Crippen molar-refractivity contribution in [2.75, 3.05) is 0 Å². The molecule has 41 heavy (non-hydrogen) atoms. The summed E-state index contributed by atoms with van der Waals surface area (Å²) in [5, 5.41) is 2.09. The highest BCUT2D eigenvalue weighted by Gasteiger charge is 2.54. The van der Waals surface area contributed by atoms with E-state index in [1.54, 1.807) is 4.90 Å². The van der Waals surface area contributed by atoms with E-state index >= 15 is 0 Å². The number of fused-ring (bicyclic) bond motifs is 1. The number of amides is 1. The molecule has 1 fully saturated rings. The summed E-state index contributed by atoms with van der Waals surface area (Å²) in [6.45, 7) is 13.9. The predicted molar refractivity (Wildman–Crippen MR) is 167 cm³/mol. The van der Waals surface area contributed by atoms with E-state index in [-0.39, 0.29) is 29.9 Å². The molecule has 0 aliphatic carbocycles. The summed E-state index contributed by atoms with van der Waals surface area (Å²) in [4.78, 5) is 37.4. The lowest BCUT2D eigenvalue weighted by atomic mass is 9.81. The Bertz CT molecular complexity index is 1420. The number of allylic oxidation sites excluding steroid dienone is 1. The Morgan fingerprint density at radius 2 is 1.61 bits per heavy atom. The first kappa shape index (κ1) is 30.0. The molecule has 2 aromatic carbocycles. The van der Waals surface area contributed by atoms with Crippen LogP contribution in [0.5, 0.6) is 0 Å². The lowest BCUT2D eigenvalue weighted by Crippen LogP contribution is -2.46. The Balaban J connectivity index is 1.59. The van der Waals surface area contributed by atoms with Crippen LogP contribution >= 0.6 is 35.0 Å². The van der Waals surface area contributed by atoms with E-state index in [1.807, 2.05) is 76.2 Å². The molecule has 0 unspecified atom stereocenters. The second kappa shape index (κ2) is 11.0. The third-order valence-electron chi connectivity index (χ3n) is 7.95. The Morgan fingerprint density at radius 3 is 2.17 bits per heavy atom. The zero-order chi connectivity index (χ0) is 29.9. The van der Waals surface area contributed by atoms with Gasteiger partial charge in [0.15, 0.2) is 5.17 Å². The lowest BCUT2D eigenvalue weighted by molar-refractivity contribution is -0.163. The monoisotopic (exact) mass is 613 g/mol. The van der Waals surface area contributed by atoms with Crippen molar-refractivity contribution in [1.82, 2.24) is 9.80 Å². The van der Waals surface area contributed by atoms with Crippen molar-refractivity contribution in [3.05, 3.63) is 80.3 Å². The van der Waals surface area contributed by atoms with Gasteiger partial charge in [-0.3, -0.25) is 4.79 Å². The van der Waals surface area contributed by atoms with Gasteiger partial charge >= 0.3 is 5.97 Å². The molecule has 3 aliphatic rings. The van der Waals surface area contributed by atoms with Gasteiger partial charge in [-0.25, -0.2) is 9.79 Å². The minimum Gasteiger partial charge on any atom is -0.458 e. The average molecular weight is 615 g/mol. The third kappa shape index (κ3) is 5.53. The molecule has 3 heterocycles. The number of halogens is 2. The standard InChI is InChI=1S/C32H37Cl2N3O3S/c1-18(2)25-26(28(38)36-19(3)8-17-24(36)29(39)40-31(4,5)6)41-30-35-32(7,21-11-15-23(34)16-12-21)27(37(25)30)20-9-13-22(33)14-10-20/h9-16,18-19,24,27H,8,17H2,1-7H3/t19-,24+,27-,32+/m1/s1. The number of thioether (sulfide) groups is 1. The fraction of sp³-hybridized carbons (Fsp3) is 0.469. The van der Waals surface area contributed by atoms with Crippen molar-refractivity contribution in [2.45, 2.75) is 90.6 Å². The maximum atomic E-state index is 14.4. The van der Waals surface area contributed by atoms with E-state index in [9.17, 15) is 9.59 Å². The summed E-state index contributed by atoms with van der Waals surface area (Å²) in [6.07, 6.45) is 1.33. The number of benzene rings is 2. The number of carbonyl (C=O) groups excluding carboxylic acids is 2. The second-order valence-corrected chi connectivity index (χ2v) is 14.4. The number of aliphatic imine (C=N–C) groups is 1. The number of carbonyl (C=O) groups is 2. The van der Waals surface area contributed by atoms with Crippen LogP contribution in [0.1, 0.15) is 78.5 Å². The van der Waals surface area contributed by atoms with Crippen molar-refractivity contribution < 1.29 is 14.3 Å². The summed E-state index contributed by atoms with van der Waals surface area (Å²) >= 11 is 13.9. The summed E-state index contributed by atoms with van der Waals surface area (Å²) in [5.41, 5.74) is 1.71. The zero-order valence-corrected chi connectivity index (χ0v) is 26.9. The van der Waals surface area contributed by atoms with Gasteiger partial charge in [0.1, 0.15) is 22.1 Å². The van der Waals surface area contributed by atoms with Gasteiger partial charge in [-0.2, -0.15) is 0 Å². The van der Waals surface area contributed by atoms with E-state index in [2.05, 4.69) is 25.7 Å². The molecule has 0 aromatic heterocycles. The smallest absolute Gasteiger partial charge is 0.329 e. The average Bonchev–Trinajstić information content (AvgIpc) is 3.53. The van der Waals surface area contributed by atoms with Gasteiger partial charge in [-0.05, 0) is 101 Å². The summed E-state index contributed by atoms with van der Waals surface area (Å²) in [7, 11) is 0. The Kier molecular flexibility index (Phi) is 8.03. The molecule has 1 saturated heterocycles. The predicted octanol–water partition coefficient (Wildman–Crippen LogP) is 7.96. The molecule has 9 heteroatoms. The zero-order valence-electron chi connectivity index (χ0n) is 24.6. The lowest BCUT2D eigenvalue weighted by Gasteiger charge is -2.37. The quantitative estimate of drug-likeness (QED) is 0.320. The number of likely N-dealkylation sites (tertiary alicyclic amines) is 1. The van der Waals surface area contributed by atoms with Crippen LogP contribution < -0.4 is 0 Å². The SMILES string of the molecule is CC(C)C1=C(C(=O)N2[C@H](C)CC[C@H]2C(=O)OC(C)(C)C)SC2=N[C@@](C)(c3ccc(Cl)cc3)[C@@H](c3ccc(Cl)cc3)N21. The van der Waals surface area contributed by atoms with Crippen molar-refractivity contribution in [2.24, 2.45) is 10.9 Å². The molecule has 2 aromatic rings. The van der Waals surface area contributed by atoms with Gasteiger partial charge < -0.3 is 14.5 Å². The van der Waals surface area contributed by atoms with Crippen molar-refractivity contribution in [3.63, 3.8) is 0 Å². The molecule has 0 N–H and O–H groups in total. The highest BCUT2D eigenvalue weighted by Crippen LogP contribution is 2.56. The molecule has 1 amide bonds. The molecular formula is C32H37Cl2N3O3S. The van der Waals surface area contributed by atoms with Gasteiger partial charge in [0, 0.05) is 21.8 Å². The fourth-order valence-corrected chi connectivity index (χ4v) is 7.71. The normalized spacial score (nSPS) is 26.1. The van der Waals surface area contributed by atoms with Gasteiger partial charge in [0.25, 0.3) is 5.91 Å². The minimum atomic E-state index is -0.643. The van der Waals surface area contributed by atoms with Crippen molar-refractivity contribution in [3.8, 4) is 0 Å². The Hall–Kier alpha value is -2.48. The molecule has 6 nitrogen and oxygen atoms in total. The van der Waals surface area contributed by atoms with Gasteiger partial charge in [-0.1, -0.05) is 61.3 Å². The number of amidine groups is 1. The van der Waals surface area contributed by atoms with Gasteiger partial charge in [0.2, 0.25) is 0 Å². The highest BCUT2D eigenvalue weighted by atomic mass is 35.5. The van der Waals surface area contributed by atoms with Crippen LogP contribution in [-0.4, -0.2) is 44.5 Å². The van der Waals surface area contributed by atoms with E-state index in [0.717, 1.165) is 28.4 Å². The number of esters is 1. The number of hydrogen-bond donors (Lipinski definition) is 0. The molecule has 0 radical (unpaired) electrons. The number of rotatable bonds is 5. The van der Waals surface area contributed by atoms with E-state index in [0.29, 0.717) is 21.4 Å². The summed E-state index contributed by atoms with van der Waals surface area (Å²) < 4.78 is 5.72.